The fourth-order valence-corrected chi connectivity index (χ4v) is 2.84. The van der Waals surface area contributed by atoms with Crippen LogP contribution < -0.4 is 5.32 Å². The van der Waals surface area contributed by atoms with Crippen molar-refractivity contribution in [3.8, 4) is 0 Å². The van der Waals surface area contributed by atoms with Gasteiger partial charge in [0.2, 0.25) is 0 Å². The number of carboxylic acid groups (broad SMARTS) is 1. The second-order valence-corrected chi connectivity index (χ2v) is 5.63. The molecule has 0 bridgehead atoms. The third-order valence-electron chi connectivity index (χ3n) is 4.33. The van der Waals surface area contributed by atoms with E-state index < -0.39 is 11.4 Å². The van der Waals surface area contributed by atoms with Crippen molar-refractivity contribution < 1.29 is 14.7 Å². The Labute approximate surface area is 108 Å². The maximum Gasteiger partial charge on any atom is 0.317 e. The second-order valence-electron chi connectivity index (χ2n) is 5.63. The van der Waals surface area contributed by atoms with Gasteiger partial charge in [0.1, 0.15) is 0 Å². The smallest absolute Gasteiger partial charge is 0.317 e. The number of amides is 2. The Bertz CT molecular complexity index is 354. The van der Waals surface area contributed by atoms with Crippen LogP contribution in [0.3, 0.4) is 0 Å². The van der Waals surface area contributed by atoms with Crippen molar-refractivity contribution in [1.29, 1.82) is 0 Å². The van der Waals surface area contributed by atoms with Crippen molar-refractivity contribution in [1.82, 2.24) is 10.2 Å². The number of urea groups is 1. The van der Waals surface area contributed by atoms with Crippen molar-refractivity contribution in [3.63, 3.8) is 0 Å². The lowest BCUT2D eigenvalue weighted by atomic mass is 9.85. The molecule has 0 aromatic heterocycles. The Morgan fingerprint density at radius 2 is 2.06 bits per heavy atom. The Hall–Kier alpha value is -1.26. The van der Waals surface area contributed by atoms with Crippen LogP contribution >= 0.6 is 0 Å². The van der Waals surface area contributed by atoms with E-state index in [0.29, 0.717) is 19.0 Å². The van der Waals surface area contributed by atoms with Gasteiger partial charge in [0.05, 0.1) is 5.41 Å². The number of carbonyl (C=O) groups excluding carboxylic acids is 1. The van der Waals surface area contributed by atoms with Gasteiger partial charge in [-0.1, -0.05) is 6.42 Å². The van der Waals surface area contributed by atoms with Gasteiger partial charge < -0.3 is 15.3 Å². The minimum Gasteiger partial charge on any atom is -0.481 e. The Morgan fingerprint density at radius 3 is 2.56 bits per heavy atom. The van der Waals surface area contributed by atoms with Crippen LogP contribution in [-0.4, -0.2) is 40.6 Å². The summed E-state index contributed by atoms with van der Waals surface area (Å²) in [6, 6.07) is 0.0298. The van der Waals surface area contributed by atoms with Gasteiger partial charge in [0.25, 0.3) is 0 Å². The SMILES string of the molecule is CCN(C(=O)NC1CCCC1(C)C(=O)O)C1CC1. The van der Waals surface area contributed by atoms with Gasteiger partial charge >= 0.3 is 12.0 Å². The third kappa shape index (κ3) is 2.31. The van der Waals surface area contributed by atoms with Crippen LogP contribution in [0.15, 0.2) is 0 Å². The maximum atomic E-state index is 12.1. The summed E-state index contributed by atoms with van der Waals surface area (Å²) in [6.07, 6.45) is 4.41. The van der Waals surface area contributed by atoms with Gasteiger partial charge in [-0.2, -0.15) is 0 Å². The molecule has 5 nitrogen and oxygen atoms in total. The molecule has 2 fully saturated rings. The summed E-state index contributed by atoms with van der Waals surface area (Å²) in [5.74, 6) is -0.806. The number of hydrogen-bond acceptors (Lipinski definition) is 2. The van der Waals surface area contributed by atoms with Crippen LogP contribution in [-0.2, 0) is 4.79 Å². The summed E-state index contributed by atoms with van der Waals surface area (Å²) in [6.45, 7) is 4.39. The topological polar surface area (TPSA) is 69.6 Å². The summed E-state index contributed by atoms with van der Waals surface area (Å²) >= 11 is 0. The molecule has 102 valence electrons. The highest BCUT2D eigenvalue weighted by atomic mass is 16.4. The average Bonchev–Trinajstić information content (AvgIpc) is 3.06. The van der Waals surface area contributed by atoms with Crippen LogP contribution in [0.2, 0.25) is 0 Å². The molecule has 5 heteroatoms. The molecule has 2 amide bonds. The molecule has 0 saturated heterocycles. The zero-order chi connectivity index (χ0) is 13.3. The summed E-state index contributed by atoms with van der Waals surface area (Å²) in [5.41, 5.74) is -0.807. The van der Waals surface area contributed by atoms with Gasteiger partial charge in [-0.05, 0) is 39.5 Å². The Morgan fingerprint density at radius 1 is 1.39 bits per heavy atom. The van der Waals surface area contributed by atoms with E-state index >= 15 is 0 Å². The normalized spacial score (nSPS) is 31.1. The molecular formula is C13H22N2O3. The van der Waals surface area contributed by atoms with Crippen molar-refractivity contribution in [3.05, 3.63) is 0 Å². The molecule has 0 spiro atoms. The first-order chi connectivity index (χ1) is 8.49. The molecule has 0 heterocycles. The molecule has 18 heavy (non-hydrogen) atoms. The van der Waals surface area contributed by atoms with Crippen molar-refractivity contribution in [2.45, 2.75) is 58.0 Å². The molecule has 2 aliphatic carbocycles. The summed E-state index contributed by atoms with van der Waals surface area (Å²) in [5, 5.41) is 12.2. The summed E-state index contributed by atoms with van der Waals surface area (Å²) in [7, 11) is 0. The molecule has 2 unspecified atom stereocenters. The molecule has 2 aliphatic rings. The Balaban J connectivity index is 1.99. The average molecular weight is 254 g/mol. The number of nitrogens with zero attached hydrogens (tertiary/aromatic N) is 1. The van der Waals surface area contributed by atoms with Crippen LogP contribution in [0.5, 0.6) is 0 Å². The number of nitrogens with one attached hydrogen (secondary N) is 1. The van der Waals surface area contributed by atoms with Gasteiger partial charge in [-0.25, -0.2) is 4.79 Å². The highest BCUT2D eigenvalue weighted by Gasteiger charge is 2.46. The van der Waals surface area contributed by atoms with E-state index in [9.17, 15) is 14.7 Å². The highest BCUT2D eigenvalue weighted by molar-refractivity contribution is 5.79. The number of aliphatic carboxylic acids is 1. The maximum absolute atomic E-state index is 12.1. The number of hydrogen-bond donors (Lipinski definition) is 2. The first-order valence-corrected chi connectivity index (χ1v) is 6.79. The second kappa shape index (κ2) is 4.78. The molecule has 0 radical (unpaired) electrons. The molecule has 2 N–H and O–H groups in total. The lowest BCUT2D eigenvalue weighted by molar-refractivity contribution is -0.148. The first kappa shape index (κ1) is 13.2. The number of carboxylic acids is 1. The van der Waals surface area contributed by atoms with E-state index in [1.807, 2.05) is 11.8 Å². The lowest BCUT2D eigenvalue weighted by Crippen LogP contribution is -2.51. The lowest BCUT2D eigenvalue weighted by Gasteiger charge is -2.30. The molecule has 0 aliphatic heterocycles. The van der Waals surface area contributed by atoms with E-state index in [4.69, 9.17) is 0 Å². The summed E-state index contributed by atoms with van der Waals surface area (Å²) < 4.78 is 0. The van der Waals surface area contributed by atoms with Crippen molar-refractivity contribution >= 4 is 12.0 Å². The first-order valence-electron chi connectivity index (χ1n) is 6.79. The predicted octanol–water partition coefficient (Wildman–Crippen LogP) is 1.82. The van der Waals surface area contributed by atoms with E-state index in [0.717, 1.165) is 25.7 Å². The predicted molar refractivity (Wildman–Crippen MR) is 67.3 cm³/mol. The van der Waals surface area contributed by atoms with Crippen LogP contribution in [0.25, 0.3) is 0 Å². The minimum atomic E-state index is -0.807. The van der Waals surface area contributed by atoms with E-state index in [1.165, 1.54) is 0 Å². The Kier molecular flexibility index (Phi) is 3.50. The quantitative estimate of drug-likeness (QED) is 0.804. The largest absolute Gasteiger partial charge is 0.481 e. The summed E-state index contributed by atoms with van der Waals surface area (Å²) in [4.78, 5) is 25.3. The molecule has 2 rings (SSSR count). The molecule has 0 aromatic carbocycles. The van der Waals surface area contributed by atoms with E-state index in [-0.39, 0.29) is 12.1 Å². The number of carbonyl (C=O) groups is 2. The highest BCUT2D eigenvalue weighted by Crippen LogP contribution is 2.38. The van der Waals surface area contributed by atoms with Crippen LogP contribution in [0.4, 0.5) is 4.79 Å². The van der Waals surface area contributed by atoms with Gasteiger partial charge in [0.15, 0.2) is 0 Å². The molecule has 0 aromatic rings. The van der Waals surface area contributed by atoms with Gasteiger partial charge in [-0.15, -0.1) is 0 Å². The fourth-order valence-electron chi connectivity index (χ4n) is 2.84. The molecular weight excluding hydrogens is 232 g/mol. The molecule has 2 atom stereocenters. The zero-order valence-corrected chi connectivity index (χ0v) is 11.1. The zero-order valence-electron chi connectivity index (χ0n) is 11.1. The van der Waals surface area contributed by atoms with Crippen LogP contribution in [0, 0.1) is 5.41 Å². The molecule has 2 saturated carbocycles. The van der Waals surface area contributed by atoms with Gasteiger partial charge in [0, 0.05) is 18.6 Å². The standard InChI is InChI=1S/C13H22N2O3/c1-3-15(9-6-7-9)12(18)14-10-5-4-8-13(10,2)11(16)17/h9-10H,3-8H2,1-2H3,(H,14,18)(H,16,17). The van der Waals surface area contributed by atoms with Crippen molar-refractivity contribution in [2.75, 3.05) is 6.54 Å². The third-order valence-corrected chi connectivity index (χ3v) is 4.33. The minimum absolute atomic E-state index is 0.0978. The van der Waals surface area contributed by atoms with Crippen molar-refractivity contribution in [2.24, 2.45) is 5.41 Å². The fraction of sp³-hybridized carbons (Fsp3) is 0.846. The van der Waals surface area contributed by atoms with E-state index in [2.05, 4.69) is 5.32 Å². The van der Waals surface area contributed by atoms with Gasteiger partial charge in [-0.3, -0.25) is 4.79 Å². The number of rotatable bonds is 4. The monoisotopic (exact) mass is 254 g/mol. The van der Waals surface area contributed by atoms with E-state index in [1.54, 1.807) is 6.92 Å². The van der Waals surface area contributed by atoms with Crippen LogP contribution in [0.1, 0.15) is 46.0 Å².